The zero-order valence-corrected chi connectivity index (χ0v) is 9.58. The fraction of sp³-hybridized carbons (Fsp3) is 0.364. The number of imidazole rings is 1. The SMILES string of the molecule is Cc1c(C(=O)O)cnn1CCCn1ccnc1. The lowest BCUT2D eigenvalue weighted by Crippen LogP contribution is -2.07. The molecule has 2 rings (SSSR count). The van der Waals surface area contributed by atoms with Gasteiger partial charge in [0.15, 0.2) is 0 Å². The molecule has 90 valence electrons. The molecular formula is C11H14N4O2. The predicted octanol–water partition coefficient (Wildman–Crippen LogP) is 1.18. The Balaban J connectivity index is 1.93. The Bertz CT molecular complexity index is 502. The first-order valence-corrected chi connectivity index (χ1v) is 5.40. The zero-order chi connectivity index (χ0) is 12.3. The van der Waals surface area contributed by atoms with Crippen molar-refractivity contribution in [3.05, 3.63) is 36.2 Å². The van der Waals surface area contributed by atoms with Crippen molar-refractivity contribution >= 4 is 5.97 Å². The van der Waals surface area contributed by atoms with Crippen LogP contribution < -0.4 is 0 Å². The summed E-state index contributed by atoms with van der Waals surface area (Å²) in [6, 6.07) is 0. The molecule has 0 aliphatic heterocycles. The molecule has 0 radical (unpaired) electrons. The van der Waals surface area contributed by atoms with Gasteiger partial charge in [0, 0.05) is 31.2 Å². The van der Waals surface area contributed by atoms with Crippen LogP contribution in [0.5, 0.6) is 0 Å². The van der Waals surface area contributed by atoms with Gasteiger partial charge < -0.3 is 9.67 Å². The molecule has 0 bridgehead atoms. The number of hydrogen-bond donors (Lipinski definition) is 1. The molecule has 0 atom stereocenters. The van der Waals surface area contributed by atoms with Crippen LogP contribution in [0.3, 0.4) is 0 Å². The first kappa shape index (κ1) is 11.4. The van der Waals surface area contributed by atoms with Crippen LogP contribution in [0.4, 0.5) is 0 Å². The summed E-state index contributed by atoms with van der Waals surface area (Å²) < 4.78 is 3.71. The molecule has 0 spiro atoms. The van der Waals surface area contributed by atoms with Gasteiger partial charge in [0.1, 0.15) is 5.56 Å². The van der Waals surface area contributed by atoms with Crippen LogP contribution in [0.2, 0.25) is 0 Å². The lowest BCUT2D eigenvalue weighted by atomic mass is 10.2. The van der Waals surface area contributed by atoms with E-state index in [4.69, 9.17) is 5.11 Å². The van der Waals surface area contributed by atoms with Gasteiger partial charge in [0.05, 0.1) is 12.5 Å². The number of carbonyl (C=O) groups is 1. The second-order valence-electron chi connectivity index (χ2n) is 3.83. The molecule has 0 aliphatic rings. The highest BCUT2D eigenvalue weighted by Gasteiger charge is 2.11. The normalized spacial score (nSPS) is 10.6. The minimum atomic E-state index is -0.927. The van der Waals surface area contributed by atoms with Crippen LogP contribution in [0.25, 0.3) is 0 Å². The highest BCUT2D eigenvalue weighted by Crippen LogP contribution is 2.07. The number of carboxylic acid groups (broad SMARTS) is 1. The van der Waals surface area contributed by atoms with E-state index < -0.39 is 5.97 Å². The topological polar surface area (TPSA) is 72.9 Å². The summed E-state index contributed by atoms with van der Waals surface area (Å²) in [5.41, 5.74) is 0.968. The smallest absolute Gasteiger partial charge is 0.339 e. The van der Waals surface area contributed by atoms with Crippen LogP contribution in [0.15, 0.2) is 24.9 Å². The van der Waals surface area contributed by atoms with Crippen molar-refractivity contribution in [2.75, 3.05) is 0 Å². The van der Waals surface area contributed by atoms with Gasteiger partial charge in [-0.15, -0.1) is 0 Å². The highest BCUT2D eigenvalue weighted by atomic mass is 16.4. The van der Waals surface area contributed by atoms with Gasteiger partial charge in [-0.25, -0.2) is 9.78 Å². The van der Waals surface area contributed by atoms with Crippen LogP contribution in [0, 0.1) is 6.92 Å². The monoisotopic (exact) mass is 234 g/mol. The van der Waals surface area contributed by atoms with E-state index in [2.05, 4.69) is 10.1 Å². The number of hydrogen-bond acceptors (Lipinski definition) is 3. The lowest BCUT2D eigenvalue weighted by molar-refractivity contribution is 0.0696. The van der Waals surface area contributed by atoms with Crippen molar-refractivity contribution in [3.63, 3.8) is 0 Å². The summed E-state index contributed by atoms with van der Waals surface area (Å²) in [5.74, 6) is -0.927. The third-order valence-electron chi connectivity index (χ3n) is 2.68. The summed E-state index contributed by atoms with van der Waals surface area (Å²) in [6.45, 7) is 3.33. The zero-order valence-electron chi connectivity index (χ0n) is 9.58. The number of rotatable bonds is 5. The maximum Gasteiger partial charge on any atom is 0.339 e. The van der Waals surface area contributed by atoms with Crippen LogP contribution in [-0.4, -0.2) is 30.4 Å². The van der Waals surface area contributed by atoms with Crippen molar-refractivity contribution in [2.45, 2.75) is 26.4 Å². The molecule has 2 aromatic heterocycles. The van der Waals surface area contributed by atoms with E-state index in [0.29, 0.717) is 12.2 Å². The number of nitrogens with zero attached hydrogens (tertiary/aromatic N) is 4. The minimum Gasteiger partial charge on any atom is -0.478 e. The first-order chi connectivity index (χ1) is 8.18. The summed E-state index contributed by atoms with van der Waals surface area (Å²) >= 11 is 0. The largest absolute Gasteiger partial charge is 0.478 e. The fourth-order valence-electron chi connectivity index (χ4n) is 1.70. The molecule has 1 N–H and O–H groups in total. The van der Waals surface area contributed by atoms with Gasteiger partial charge in [-0.05, 0) is 13.3 Å². The molecular weight excluding hydrogens is 220 g/mol. The summed E-state index contributed by atoms with van der Waals surface area (Å²) in [5, 5.41) is 13.0. The van der Waals surface area contributed by atoms with Gasteiger partial charge in [0.2, 0.25) is 0 Å². The Labute approximate surface area is 98.5 Å². The van der Waals surface area contributed by atoms with Crippen LogP contribution >= 0.6 is 0 Å². The molecule has 0 aliphatic carbocycles. The third-order valence-corrected chi connectivity index (χ3v) is 2.68. The number of aromatic nitrogens is 4. The molecule has 17 heavy (non-hydrogen) atoms. The Morgan fingerprint density at radius 1 is 1.47 bits per heavy atom. The Kier molecular flexibility index (Phi) is 3.22. The fourth-order valence-corrected chi connectivity index (χ4v) is 1.70. The third kappa shape index (κ3) is 2.52. The van der Waals surface area contributed by atoms with E-state index in [1.165, 1.54) is 6.20 Å². The van der Waals surface area contributed by atoms with Gasteiger partial charge in [0.25, 0.3) is 0 Å². The van der Waals surface area contributed by atoms with Gasteiger partial charge in [-0.3, -0.25) is 4.68 Å². The second-order valence-corrected chi connectivity index (χ2v) is 3.83. The Hall–Kier alpha value is -2.11. The van der Waals surface area contributed by atoms with E-state index in [0.717, 1.165) is 13.0 Å². The summed E-state index contributed by atoms with van der Waals surface area (Å²) in [6.07, 6.45) is 7.69. The molecule has 2 aromatic rings. The van der Waals surface area contributed by atoms with E-state index in [1.807, 2.05) is 10.8 Å². The standard InChI is InChI=1S/C11H14N4O2/c1-9-10(11(16)17)7-13-15(9)5-2-4-14-6-3-12-8-14/h3,6-8H,2,4-5H2,1H3,(H,16,17). The molecule has 0 saturated heterocycles. The van der Waals surface area contributed by atoms with Gasteiger partial charge in [-0.1, -0.05) is 0 Å². The van der Waals surface area contributed by atoms with Crippen molar-refractivity contribution in [1.29, 1.82) is 0 Å². The second kappa shape index (κ2) is 4.82. The first-order valence-electron chi connectivity index (χ1n) is 5.40. The summed E-state index contributed by atoms with van der Waals surface area (Å²) in [7, 11) is 0. The maximum absolute atomic E-state index is 10.8. The van der Waals surface area contributed by atoms with E-state index >= 15 is 0 Å². The quantitative estimate of drug-likeness (QED) is 0.843. The molecule has 0 fully saturated rings. The van der Waals surface area contributed by atoms with Gasteiger partial charge in [-0.2, -0.15) is 5.10 Å². The van der Waals surface area contributed by atoms with Crippen molar-refractivity contribution < 1.29 is 9.90 Å². The van der Waals surface area contributed by atoms with Crippen LogP contribution in [-0.2, 0) is 13.1 Å². The minimum absolute atomic E-state index is 0.271. The van der Waals surface area contributed by atoms with E-state index in [1.54, 1.807) is 24.1 Å². The number of aromatic carboxylic acids is 1. The lowest BCUT2D eigenvalue weighted by Gasteiger charge is -2.05. The molecule has 0 aromatic carbocycles. The average molecular weight is 234 g/mol. The molecule has 6 heteroatoms. The Morgan fingerprint density at radius 2 is 2.29 bits per heavy atom. The van der Waals surface area contributed by atoms with E-state index in [9.17, 15) is 4.79 Å². The molecule has 2 heterocycles. The van der Waals surface area contributed by atoms with Crippen molar-refractivity contribution in [3.8, 4) is 0 Å². The number of aryl methyl sites for hydroxylation is 2. The van der Waals surface area contributed by atoms with Crippen LogP contribution in [0.1, 0.15) is 22.5 Å². The molecule has 0 unspecified atom stereocenters. The predicted molar refractivity (Wildman–Crippen MR) is 60.8 cm³/mol. The molecule has 6 nitrogen and oxygen atoms in total. The highest BCUT2D eigenvalue weighted by molar-refractivity contribution is 5.88. The molecule has 0 amide bonds. The maximum atomic E-state index is 10.8. The van der Waals surface area contributed by atoms with Gasteiger partial charge >= 0.3 is 5.97 Å². The Morgan fingerprint density at radius 3 is 2.88 bits per heavy atom. The van der Waals surface area contributed by atoms with Crippen molar-refractivity contribution in [1.82, 2.24) is 19.3 Å². The average Bonchev–Trinajstić information content (AvgIpc) is 2.89. The van der Waals surface area contributed by atoms with E-state index in [-0.39, 0.29) is 5.56 Å². The summed E-state index contributed by atoms with van der Waals surface area (Å²) in [4.78, 5) is 14.8. The molecule has 0 saturated carbocycles. The number of carboxylic acids is 1. The van der Waals surface area contributed by atoms with Crippen molar-refractivity contribution in [2.24, 2.45) is 0 Å².